The minimum absolute atomic E-state index is 0.223. The van der Waals surface area contributed by atoms with Crippen LogP contribution in [0.3, 0.4) is 0 Å². The number of rotatable bonds is 5. The number of halogens is 1. The van der Waals surface area contributed by atoms with Gasteiger partial charge in [0.1, 0.15) is 11.9 Å². The summed E-state index contributed by atoms with van der Waals surface area (Å²) in [7, 11) is 0. The summed E-state index contributed by atoms with van der Waals surface area (Å²) in [6.07, 6.45) is 2.08. The lowest BCUT2D eigenvalue weighted by molar-refractivity contribution is -0.144. The molecule has 0 amide bonds. The zero-order chi connectivity index (χ0) is 12.3. The Labute approximate surface area is 100.0 Å². The van der Waals surface area contributed by atoms with Crippen molar-refractivity contribution in [2.45, 2.75) is 25.8 Å². The number of anilines is 1. The average molecular weight is 237 g/mol. The van der Waals surface area contributed by atoms with Crippen LogP contribution in [0, 0.1) is 11.7 Å². The molecule has 0 spiro atoms. The van der Waals surface area contributed by atoms with E-state index in [4.69, 9.17) is 4.74 Å². The Hall–Kier alpha value is -1.58. The van der Waals surface area contributed by atoms with Crippen molar-refractivity contribution in [2.75, 3.05) is 11.9 Å². The van der Waals surface area contributed by atoms with E-state index in [1.165, 1.54) is 12.1 Å². The number of nitrogens with one attached hydrogen (secondary N) is 1. The molecule has 0 aliphatic heterocycles. The number of esters is 1. The summed E-state index contributed by atoms with van der Waals surface area (Å²) < 4.78 is 17.8. The van der Waals surface area contributed by atoms with Gasteiger partial charge in [-0.15, -0.1) is 0 Å². The maximum Gasteiger partial charge on any atom is 0.328 e. The second kappa shape index (κ2) is 5.17. The van der Waals surface area contributed by atoms with Gasteiger partial charge in [0.05, 0.1) is 6.61 Å². The Morgan fingerprint density at radius 2 is 2.12 bits per heavy atom. The molecule has 0 aromatic heterocycles. The molecule has 92 valence electrons. The van der Waals surface area contributed by atoms with E-state index >= 15 is 0 Å². The van der Waals surface area contributed by atoms with Gasteiger partial charge in [0, 0.05) is 5.69 Å². The largest absolute Gasteiger partial charge is 0.464 e. The smallest absolute Gasteiger partial charge is 0.328 e. The van der Waals surface area contributed by atoms with Crippen molar-refractivity contribution in [3.8, 4) is 0 Å². The Morgan fingerprint density at radius 1 is 1.47 bits per heavy atom. The highest BCUT2D eigenvalue weighted by Crippen LogP contribution is 2.34. The van der Waals surface area contributed by atoms with Crippen LogP contribution in [0.1, 0.15) is 19.8 Å². The quantitative estimate of drug-likeness (QED) is 0.800. The third kappa shape index (κ3) is 3.19. The number of ether oxygens (including phenoxy) is 1. The first-order chi connectivity index (χ1) is 8.20. The van der Waals surface area contributed by atoms with Crippen LogP contribution < -0.4 is 5.32 Å². The van der Waals surface area contributed by atoms with Gasteiger partial charge in [0.15, 0.2) is 0 Å². The molecule has 2 rings (SSSR count). The number of carbonyl (C=O) groups is 1. The minimum atomic E-state index is -0.305. The normalized spacial score (nSPS) is 16.4. The molecule has 0 bridgehead atoms. The molecule has 1 aromatic rings. The van der Waals surface area contributed by atoms with Gasteiger partial charge in [-0.25, -0.2) is 9.18 Å². The third-order valence-electron chi connectivity index (χ3n) is 2.80. The van der Waals surface area contributed by atoms with E-state index < -0.39 is 0 Å². The van der Waals surface area contributed by atoms with Crippen LogP contribution in [0.2, 0.25) is 0 Å². The summed E-state index contributed by atoms with van der Waals surface area (Å²) in [6, 6.07) is 5.70. The highest BCUT2D eigenvalue weighted by atomic mass is 19.1. The summed E-state index contributed by atoms with van der Waals surface area (Å²) in [5.74, 6) is -0.159. The van der Waals surface area contributed by atoms with Crippen molar-refractivity contribution in [2.24, 2.45) is 5.92 Å². The van der Waals surface area contributed by atoms with Crippen LogP contribution >= 0.6 is 0 Å². The van der Waals surface area contributed by atoms with E-state index in [9.17, 15) is 9.18 Å². The molecule has 1 N–H and O–H groups in total. The molecule has 1 aliphatic carbocycles. The van der Waals surface area contributed by atoms with Crippen LogP contribution in [0.5, 0.6) is 0 Å². The van der Waals surface area contributed by atoms with E-state index in [1.54, 1.807) is 19.1 Å². The van der Waals surface area contributed by atoms with Crippen LogP contribution in [-0.2, 0) is 9.53 Å². The second-order valence-corrected chi connectivity index (χ2v) is 4.22. The van der Waals surface area contributed by atoms with Gasteiger partial charge >= 0.3 is 5.97 Å². The standard InChI is InChI=1S/C13H16FNO2/c1-2-17-13(16)12(9-3-4-9)15-11-7-5-10(14)6-8-11/h5-9,12,15H,2-4H2,1H3. The Balaban J connectivity index is 2.02. The third-order valence-corrected chi connectivity index (χ3v) is 2.80. The van der Waals surface area contributed by atoms with Crippen molar-refractivity contribution in [3.63, 3.8) is 0 Å². The summed E-state index contributed by atoms with van der Waals surface area (Å²) in [5, 5.41) is 3.11. The molecule has 0 saturated heterocycles. The lowest BCUT2D eigenvalue weighted by Crippen LogP contribution is -2.33. The number of hydrogen-bond donors (Lipinski definition) is 1. The SMILES string of the molecule is CCOC(=O)C(Nc1ccc(F)cc1)C1CC1. The summed E-state index contributed by atoms with van der Waals surface area (Å²) in [4.78, 5) is 11.7. The number of hydrogen-bond acceptors (Lipinski definition) is 3. The molecule has 3 nitrogen and oxygen atoms in total. The molecule has 1 aliphatic rings. The fourth-order valence-electron chi connectivity index (χ4n) is 1.76. The number of benzene rings is 1. The van der Waals surface area contributed by atoms with E-state index in [-0.39, 0.29) is 17.8 Å². The fourth-order valence-corrected chi connectivity index (χ4v) is 1.76. The van der Waals surface area contributed by atoms with Crippen molar-refractivity contribution in [1.82, 2.24) is 0 Å². The van der Waals surface area contributed by atoms with Crippen molar-refractivity contribution in [1.29, 1.82) is 0 Å². The summed E-state index contributed by atoms with van der Waals surface area (Å²) in [6.45, 7) is 2.17. The van der Waals surface area contributed by atoms with Gasteiger partial charge in [-0.2, -0.15) is 0 Å². The van der Waals surface area contributed by atoms with Crippen molar-refractivity contribution >= 4 is 11.7 Å². The number of carbonyl (C=O) groups excluding carboxylic acids is 1. The van der Waals surface area contributed by atoms with Crippen LogP contribution in [-0.4, -0.2) is 18.6 Å². The van der Waals surface area contributed by atoms with Crippen molar-refractivity contribution in [3.05, 3.63) is 30.1 Å². The average Bonchev–Trinajstić information content (AvgIpc) is 3.12. The zero-order valence-electron chi connectivity index (χ0n) is 9.78. The van der Waals surface area contributed by atoms with Crippen molar-refractivity contribution < 1.29 is 13.9 Å². The first kappa shape index (κ1) is 11.9. The fraction of sp³-hybridized carbons (Fsp3) is 0.462. The lowest BCUT2D eigenvalue weighted by Gasteiger charge is -2.17. The maximum atomic E-state index is 12.8. The van der Waals surface area contributed by atoms with Gasteiger partial charge < -0.3 is 10.1 Å². The Morgan fingerprint density at radius 3 is 2.65 bits per heavy atom. The van der Waals surface area contributed by atoms with Crippen LogP contribution in [0.4, 0.5) is 10.1 Å². The first-order valence-corrected chi connectivity index (χ1v) is 5.89. The highest BCUT2D eigenvalue weighted by molar-refractivity contribution is 5.80. The monoisotopic (exact) mass is 237 g/mol. The van der Waals surface area contributed by atoms with Crippen LogP contribution in [0.15, 0.2) is 24.3 Å². The molecule has 4 heteroatoms. The minimum Gasteiger partial charge on any atom is -0.464 e. The molecule has 1 fully saturated rings. The van der Waals surface area contributed by atoms with E-state index in [0.717, 1.165) is 18.5 Å². The summed E-state index contributed by atoms with van der Waals surface area (Å²) >= 11 is 0. The molecule has 1 unspecified atom stereocenters. The van der Waals surface area contributed by atoms with E-state index in [1.807, 2.05) is 0 Å². The predicted octanol–water partition coefficient (Wildman–Crippen LogP) is 2.58. The zero-order valence-corrected chi connectivity index (χ0v) is 9.78. The Bertz CT molecular complexity index is 387. The Kier molecular flexibility index (Phi) is 3.61. The van der Waals surface area contributed by atoms with Gasteiger partial charge in [0.25, 0.3) is 0 Å². The van der Waals surface area contributed by atoms with Gasteiger partial charge in [0.2, 0.25) is 0 Å². The van der Waals surface area contributed by atoms with Gasteiger partial charge in [-0.3, -0.25) is 0 Å². The van der Waals surface area contributed by atoms with E-state index in [2.05, 4.69) is 5.32 Å². The molecular weight excluding hydrogens is 221 g/mol. The predicted molar refractivity (Wildman–Crippen MR) is 63.2 cm³/mol. The second-order valence-electron chi connectivity index (χ2n) is 4.22. The topological polar surface area (TPSA) is 38.3 Å². The molecule has 0 radical (unpaired) electrons. The van der Waals surface area contributed by atoms with Gasteiger partial charge in [-0.05, 0) is 49.9 Å². The van der Waals surface area contributed by atoms with E-state index in [0.29, 0.717) is 12.5 Å². The molecule has 1 atom stereocenters. The summed E-state index contributed by atoms with van der Waals surface area (Å²) in [5.41, 5.74) is 0.747. The van der Waals surface area contributed by atoms with Gasteiger partial charge in [-0.1, -0.05) is 0 Å². The molecule has 0 heterocycles. The maximum absolute atomic E-state index is 12.8. The molecular formula is C13H16FNO2. The highest BCUT2D eigenvalue weighted by Gasteiger charge is 2.37. The molecule has 17 heavy (non-hydrogen) atoms. The lowest BCUT2D eigenvalue weighted by atomic mass is 10.1. The van der Waals surface area contributed by atoms with Crippen LogP contribution in [0.25, 0.3) is 0 Å². The first-order valence-electron chi connectivity index (χ1n) is 5.89. The molecule has 1 saturated carbocycles. The molecule has 1 aromatic carbocycles.